The first kappa shape index (κ1) is 26.2. The molecule has 10 heteroatoms. The lowest BCUT2D eigenvalue weighted by atomic mass is 10.1. The van der Waals surface area contributed by atoms with Crippen LogP contribution >= 0.6 is 23.7 Å². The minimum absolute atomic E-state index is 0. The number of amidine groups is 1. The Labute approximate surface area is 210 Å². The summed E-state index contributed by atoms with van der Waals surface area (Å²) in [5, 5.41) is 4.17. The quantitative estimate of drug-likeness (QED) is 0.469. The van der Waals surface area contributed by atoms with Gasteiger partial charge < -0.3 is 10.2 Å². The third kappa shape index (κ3) is 5.96. The minimum atomic E-state index is -3.62. The summed E-state index contributed by atoms with van der Waals surface area (Å²) in [4.78, 5) is 18.7. The summed E-state index contributed by atoms with van der Waals surface area (Å²) in [6.45, 7) is 2.41. The molecule has 3 aromatic rings. The SMILES string of the molecule is CN(CCc1ccc(C2=NCCN2)cc1)C(=O)CCN(C)S(=O)(=O)c1cc2ccccc2s1.Cl. The Morgan fingerprint density at radius 3 is 2.50 bits per heavy atom. The largest absolute Gasteiger partial charge is 0.368 e. The van der Waals surface area contributed by atoms with Gasteiger partial charge in [-0.3, -0.25) is 9.79 Å². The van der Waals surface area contributed by atoms with E-state index in [-0.39, 0.29) is 31.3 Å². The van der Waals surface area contributed by atoms with Gasteiger partial charge in [0.25, 0.3) is 10.0 Å². The molecule has 0 unspecified atom stereocenters. The fourth-order valence-corrected chi connectivity index (χ4v) is 6.43. The van der Waals surface area contributed by atoms with Crippen molar-refractivity contribution in [2.24, 2.45) is 4.99 Å². The van der Waals surface area contributed by atoms with Crippen molar-refractivity contribution < 1.29 is 13.2 Å². The van der Waals surface area contributed by atoms with Gasteiger partial charge in [-0.2, -0.15) is 4.31 Å². The first-order valence-electron chi connectivity index (χ1n) is 10.9. The van der Waals surface area contributed by atoms with Crippen molar-refractivity contribution in [1.29, 1.82) is 0 Å². The van der Waals surface area contributed by atoms with Crippen LogP contribution in [-0.4, -0.2) is 69.6 Å². The summed E-state index contributed by atoms with van der Waals surface area (Å²) >= 11 is 1.25. The third-order valence-corrected chi connectivity index (χ3v) is 9.19. The number of sulfonamides is 1. The monoisotopic (exact) mass is 520 g/mol. The highest BCUT2D eigenvalue weighted by Crippen LogP contribution is 2.30. The number of amides is 1. The predicted octanol–water partition coefficient (Wildman–Crippen LogP) is 3.38. The maximum atomic E-state index is 12.9. The van der Waals surface area contributed by atoms with Gasteiger partial charge in [0, 0.05) is 50.4 Å². The van der Waals surface area contributed by atoms with Gasteiger partial charge in [-0.05, 0) is 29.5 Å². The summed E-state index contributed by atoms with van der Waals surface area (Å²) in [5.74, 6) is 0.859. The van der Waals surface area contributed by atoms with Crippen LogP contribution in [0, 0.1) is 0 Å². The zero-order valence-corrected chi connectivity index (χ0v) is 21.7. The molecule has 7 nitrogen and oxygen atoms in total. The van der Waals surface area contributed by atoms with Crippen LogP contribution in [0.1, 0.15) is 17.5 Å². The van der Waals surface area contributed by atoms with Gasteiger partial charge in [0.05, 0.1) is 6.54 Å². The van der Waals surface area contributed by atoms with Crippen molar-refractivity contribution in [2.45, 2.75) is 17.1 Å². The first-order chi connectivity index (χ1) is 15.8. The molecule has 0 saturated carbocycles. The van der Waals surface area contributed by atoms with Crippen LogP contribution in [0.5, 0.6) is 0 Å². The number of aliphatic imine (C=N–C) groups is 1. The van der Waals surface area contributed by atoms with Gasteiger partial charge >= 0.3 is 0 Å². The molecule has 1 N–H and O–H groups in total. The van der Waals surface area contributed by atoms with Gasteiger partial charge in [-0.15, -0.1) is 23.7 Å². The Bertz CT molecular complexity index is 1240. The van der Waals surface area contributed by atoms with E-state index < -0.39 is 10.0 Å². The van der Waals surface area contributed by atoms with E-state index in [1.807, 2.05) is 36.4 Å². The molecule has 1 aliphatic rings. The Hall–Kier alpha value is -2.46. The van der Waals surface area contributed by atoms with Crippen molar-refractivity contribution >= 4 is 55.6 Å². The van der Waals surface area contributed by atoms with Crippen LogP contribution in [0.2, 0.25) is 0 Å². The maximum absolute atomic E-state index is 12.9. The van der Waals surface area contributed by atoms with Crippen LogP contribution in [0.25, 0.3) is 10.1 Å². The zero-order valence-electron chi connectivity index (χ0n) is 19.2. The highest BCUT2D eigenvalue weighted by molar-refractivity contribution is 7.91. The minimum Gasteiger partial charge on any atom is -0.368 e. The van der Waals surface area contributed by atoms with E-state index in [1.54, 1.807) is 18.0 Å². The Morgan fingerprint density at radius 1 is 1.09 bits per heavy atom. The normalized spacial score (nSPS) is 13.4. The first-order valence-corrected chi connectivity index (χ1v) is 13.2. The van der Waals surface area contributed by atoms with Crippen LogP contribution in [0.4, 0.5) is 0 Å². The molecule has 1 amide bonds. The number of thiophene rings is 1. The second kappa shape index (κ2) is 11.3. The number of hydrogen-bond donors (Lipinski definition) is 1. The smallest absolute Gasteiger partial charge is 0.252 e. The summed E-state index contributed by atoms with van der Waals surface area (Å²) < 4.78 is 28.3. The molecule has 0 spiro atoms. The molecule has 1 aromatic heterocycles. The number of carbonyl (C=O) groups is 1. The second-order valence-electron chi connectivity index (χ2n) is 8.10. The third-order valence-electron chi connectivity index (χ3n) is 5.77. The molecule has 0 fully saturated rings. The van der Waals surface area contributed by atoms with E-state index >= 15 is 0 Å². The van der Waals surface area contributed by atoms with Crippen molar-refractivity contribution in [3.05, 3.63) is 65.7 Å². The van der Waals surface area contributed by atoms with E-state index in [2.05, 4.69) is 22.4 Å². The summed E-state index contributed by atoms with van der Waals surface area (Å²) in [6, 6.07) is 17.5. The van der Waals surface area contributed by atoms with Crippen LogP contribution < -0.4 is 5.32 Å². The number of carbonyl (C=O) groups excluding carboxylic acids is 1. The molecule has 2 heterocycles. The molecular weight excluding hydrogens is 492 g/mol. The second-order valence-corrected chi connectivity index (χ2v) is 11.5. The lowest BCUT2D eigenvalue weighted by Gasteiger charge is -2.20. The van der Waals surface area contributed by atoms with Crippen molar-refractivity contribution in [1.82, 2.24) is 14.5 Å². The number of nitrogens with zero attached hydrogens (tertiary/aromatic N) is 3. The number of rotatable bonds is 9. The van der Waals surface area contributed by atoms with E-state index in [0.717, 1.165) is 46.6 Å². The lowest BCUT2D eigenvalue weighted by molar-refractivity contribution is -0.129. The topological polar surface area (TPSA) is 82.1 Å². The standard InChI is InChI=1S/C24H28N4O3S2.ClH/c1-27(15-11-18-7-9-19(10-8-18)24-25-13-14-26-24)22(29)12-16-28(2)33(30,31)23-17-20-5-3-4-6-21(20)32-23;/h3-10,17H,11-16H2,1-2H3,(H,25,26);1H. The number of fused-ring (bicyclic) bond motifs is 1. The van der Waals surface area contributed by atoms with Crippen molar-refractivity contribution in [3.8, 4) is 0 Å². The molecule has 182 valence electrons. The van der Waals surface area contributed by atoms with E-state index in [0.29, 0.717) is 10.8 Å². The van der Waals surface area contributed by atoms with Crippen molar-refractivity contribution in [2.75, 3.05) is 40.3 Å². The highest BCUT2D eigenvalue weighted by atomic mass is 35.5. The summed E-state index contributed by atoms with van der Waals surface area (Å²) in [7, 11) is -0.338. The average molecular weight is 521 g/mol. The summed E-state index contributed by atoms with van der Waals surface area (Å²) in [5.41, 5.74) is 2.21. The molecule has 4 rings (SSSR count). The summed E-state index contributed by atoms with van der Waals surface area (Å²) in [6.07, 6.45) is 0.875. The van der Waals surface area contributed by atoms with Gasteiger partial charge in [0.2, 0.25) is 5.91 Å². The predicted molar refractivity (Wildman–Crippen MR) is 141 cm³/mol. The van der Waals surface area contributed by atoms with Crippen LogP contribution in [0.15, 0.2) is 63.8 Å². The zero-order chi connectivity index (χ0) is 23.4. The lowest BCUT2D eigenvalue weighted by Crippen LogP contribution is -2.34. The van der Waals surface area contributed by atoms with Gasteiger partial charge in [0.1, 0.15) is 10.0 Å². The maximum Gasteiger partial charge on any atom is 0.252 e. The fraction of sp³-hybridized carbons (Fsp3) is 0.333. The molecule has 0 atom stereocenters. The van der Waals surface area contributed by atoms with E-state index in [1.165, 1.54) is 22.7 Å². The fourth-order valence-electron chi connectivity index (χ4n) is 3.64. The number of hydrogen-bond acceptors (Lipinski definition) is 6. The number of likely N-dealkylation sites (N-methyl/N-ethyl adjacent to an activating group) is 1. The highest BCUT2D eigenvalue weighted by Gasteiger charge is 2.24. The number of nitrogens with one attached hydrogen (secondary N) is 1. The van der Waals surface area contributed by atoms with Crippen molar-refractivity contribution in [3.63, 3.8) is 0 Å². The average Bonchev–Trinajstić information content (AvgIpc) is 3.51. The number of halogens is 1. The van der Waals surface area contributed by atoms with Crippen LogP contribution in [-0.2, 0) is 21.2 Å². The molecule has 0 bridgehead atoms. The van der Waals surface area contributed by atoms with Gasteiger partial charge in [0.15, 0.2) is 0 Å². The van der Waals surface area contributed by atoms with Gasteiger partial charge in [-0.1, -0.05) is 42.5 Å². The Balaban J connectivity index is 0.00000324. The Morgan fingerprint density at radius 2 is 1.82 bits per heavy atom. The molecule has 1 aliphatic heterocycles. The number of benzene rings is 2. The molecule has 0 saturated heterocycles. The van der Waals surface area contributed by atoms with E-state index in [9.17, 15) is 13.2 Å². The van der Waals surface area contributed by atoms with Crippen LogP contribution in [0.3, 0.4) is 0 Å². The van der Waals surface area contributed by atoms with Gasteiger partial charge in [-0.25, -0.2) is 8.42 Å². The van der Waals surface area contributed by atoms with E-state index in [4.69, 9.17) is 0 Å². The molecule has 2 aromatic carbocycles. The molecular formula is C24H29ClN4O3S2. The molecule has 0 radical (unpaired) electrons. The Kier molecular flexibility index (Phi) is 8.70. The molecule has 34 heavy (non-hydrogen) atoms. The molecule has 0 aliphatic carbocycles.